The zero-order valence-electron chi connectivity index (χ0n) is 9.52. The zero-order valence-corrected chi connectivity index (χ0v) is 9.52. The highest BCUT2D eigenvalue weighted by Gasteiger charge is 2.43. The number of hydrogen-bond donors (Lipinski definition) is 0. The minimum Gasteiger partial charge on any atom is -0.465 e. The lowest BCUT2D eigenvalue weighted by atomic mass is 10.0. The van der Waals surface area contributed by atoms with Crippen molar-refractivity contribution < 1.29 is 23.9 Å². The van der Waals surface area contributed by atoms with E-state index in [1.54, 1.807) is 13.8 Å². The molecule has 0 aliphatic heterocycles. The Hall–Kier alpha value is -1.39. The molecule has 0 unspecified atom stereocenters. The summed E-state index contributed by atoms with van der Waals surface area (Å²) in [6.45, 7) is 3.85. The number of carbonyl (C=O) groups is 3. The second-order valence-corrected chi connectivity index (χ2v) is 3.59. The van der Waals surface area contributed by atoms with Gasteiger partial charge in [-0.2, -0.15) is 0 Å². The molecular formula is C11H16O5. The summed E-state index contributed by atoms with van der Waals surface area (Å²) in [5.74, 6) is -2.99. The third kappa shape index (κ3) is 2.59. The summed E-state index contributed by atoms with van der Waals surface area (Å²) in [5.41, 5.74) is 0. The van der Waals surface area contributed by atoms with E-state index in [1.807, 2.05) is 0 Å². The summed E-state index contributed by atoms with van der Waals surface area (Å²) in [7, 11) is 0. The summed E-state index contributed by atoms with van der Waals surface area (Å²) >= 11 is 0. The van der Waals surface area contributed by atoms with Crippen LogP contribution in [0.15, 0.2) is 0 Å². The second-order valence-electron chi connectivity index (χ2n) is 3.59. The zero-order chi connectivity index (χ0) is 12.1. The molecule has 0 aromatic rings. The minimum absolute atomic E-state index is 0.243. The third-order valence-corrected chi connectivity index (χ3v) is 2.57. The molecule has 1 aliphatic rings. The normalized spacial score (nSPS) is 24.2. The van der Waals surface area contributed by atoms with E-state index in [9.17, 15) is 14.4 Å². The van der Waals surface area contributed by atoms with Crippen LogP contribution in [0.2, 0.25) is 0 Å². The van der Waals surface area contributed by atoms with Crippen LogP contribution in [0.3, 0.4) is 0 Å². The fraction of sp³-hybridized carbons (Fsp3) is 0.727. The van der Waals surface area contributed by atoms with Gasteiger partial charge in [0.1, 0.15) is 11.8 Å². The third-order valence-electron chi connectivity index (χ3n) is 2.57. The van der Waals surface area contributed by atoms with Gasteiger partial charge < -0.3 is 9.47 Å². The van der Waals surface area contributed by atoms with Crippen LogP contribution in [0, 0.1) is 11.8 Å². The predicted molar refractivity (Wildman–Crippen MR) is 54.5 cm³/mol. The van der Waals surface area contributed by atoms with Crippen molar-refractivity contribution in [3.63, 3.8) is 0 Å². The molecule has 0 saturated heterocycles. The lowest BCUT2D eigenvalue weighted by Gasteiger charge is -2.09. The van der Waals surface area contributed by atoms with Gasteiger partial charge in [0, 0.05) is 0 Å². The van der Waals surface area contributed by atoms with E-state index in [0.29, 0.717) is 12.8 Å². The maximum absolute atomic E-state index is 11.7. The molecule has 0 heterocycles. The number of hydrogen-bond acceptors (Lipinski definition) is 5. The number of carbonyl (C=O) groups excluding carboxylic acids is 3. The van der Waals surface area contributed by atoms with Crippen molar-refractivity contribution in [2.24, 2.45) is 11.8 Å². The van der Waals surface area contributed by atoms with E-state index >= 15 is 0 Å². The van der Waals surface area contributed by atoms with Crippen molar-refractivity contribution in [1.29, 1.82) is 0 Å². The standard InChI is InChI=1S/C11H16O5/c1-3-15-10(13)7-5-6-8(9(7)12)11(14)16-4-2/h7-8H,3-6H2,1-2H3/t7-,8-/m0/s1. The van der Waals surface area contributed by atoms with Crippen LogP contribution in [0.1, 0.15) is 26.7 Å². The van der Waals surface area contributed by atoms with E-state index in [-0.39, 0.29) is 19.0 Å². The molecule has 16 heavy (non-hydrogen) atoms. The van der Waals surface area contributed by atoms with Gasteiger partial charge in [0.2, 0.25) is 0 Å². The molecule has 0 radical (unpaired) electrons. The van der Waals surface area contributed by atoms with E-state index in [1.165, 1.54) is 0 Å². The highest BCUT2D eigenvalue weighted by Crippen LogP contribution is 2.29. The van der Waals surface area contributed by atoms with Gasteiger partial charge in [-0.3, -0.25) is 14.4 Å². The van der Waals surface area contributed by atoms with Gasteiger partial charge in [-0.1, -0.05) is 0 Å². The van der Waals surface area contributed by atoms with Gasteiger partial charge in [0.25, 0.3) is 0 Å². The molecule has 1 rings (SSSR count). The Morgan fingerprint density at radius 1 is 1.06 bits per heavy atom. The summed E-state index contributed by atoms with van der Waals surface area (Å²) in [5, 5.41) is 0. The Bertz CT molecular complexity index is 269. The van der Waals surface area contributed by atoms with Crippen molar-refractivity contribution in [2.45, 2.75) is 26.7 Å². The van der Waals surface area contributed by atoms with Crippen molar-refractivity contribution in [2.75, 3.05) is 13.2 Å². The Morgan fingerprint density at radius 2 is 1.44 bits per heavy atom. The quantitative estimate of drug-likeness (QED) is 0.523. The van der Waals surface area contributed by atoms with Crippen LogP contribution in [-0.4, -0.2) is 30.9 Å². The average Bonchev–Trinajstić information content (AvgIpc) is 2.61. The number of Topliss-reactive ketones (excluding diaryl/α,β-unsaturated/α-hetero) is 1. The Balaban J connectivity index is 2.60. The molecule has 1 aliphatic carbocycles. The van der Waals surface area contributed by atoms with Crippen molar-refractivity contribution in [3.05, 3.63) is 0 Å². The average molecular weight is 228 g/mol. The van der Waals surface area contributed by atoms with E-state index < -0.39 is 23.8 Å². The molecule has 0 aromatic carbocycles. The van der Waals surface area contributed by atoms with E-state index in [2.05, 4.69) is 0 Å². The van der Waals surface area contributed by atoms with Crippen LogP contribution in [0.25, 0.3) is 0 Å². The monoisotopic (exact) mass is 228 g/mol. The fourth-order valence-electron chi connectivity index (χ4n) is 1.81. The molecule has 1 fully saturated rings. The molecule has 0 N–H and O–H groups in total. The topological polar surface area (TPSA) is 69.7 Å². The van der Waals surface area contributed by atoms with Crippen LogP contribution in [0.5, 0.6) is 0 Å². The summed E-state index contributed by atoms with van der Waals surface area (Å²) in [4.78, 5) is 34.5. The molecule has 5 heteroatoms. The Morgan fingerprint density at radius 3 is 1.75 bits per heavy atom. The molecular weight excluding hydrogens is 212 g/mol. The lowest BCUT2D eigenvalue weighted by Crippen LogP contribution is -2.28. The van der Waals surface area contributed by atoms with Crippen molar-refractivity contribution in [1.82, 2.24) is 0 Å². The van der Waals surface area contributed by atoms with Gasteiger partial charge in [-0.15, -0.1) is 0 Å². The molecule has 0 bridgehead atoms. The summed E-state index contributed by atoms with van der Waals surface area (Å²) in [6.07, 6.45) is 0.752. The first-order chi connectivity index (χ1) is 7.61. The van der Waals surface area contributed by atoms with Gasteiger partial charge in [0.05, 0.1) is 13.2 Å². The van der Waals surface area contributed by atoms with Gasteiger partial charge in [0.15, 0.2) is 5.78 Å². The maximum atomic E-state index is 11.7. The molecule has 90 valence electrons. The fourth-order valence-corrected chi connectivity index (χ4v) is 1.81. The largest absolute Gasteiger partial charge is 0.465 e. The Labute approximate surface area is 94.1 Å². The van der Waals surface area contributed by atoms with Crippen molar-refractivity contribution >= 4 is 17.7 Å². The van der Waals surface area contributed by atoms with Gasteiger partial charge >= 0.3 is 11.9 Å². The lowest BCUT2D eigenvalue weighted by molar-refractivity contribution is -0.154. The van der Waals surface area contributed by atoms with Crippen LogP contribution in [-0.2, 0) is 23.9 Å². The molecule has 0 spiro atoms. The maximum Gasteiger partial charge on any atom is 0.316 e. The van der Waals surface area contributed by atoms with Gasteiger partial charge in [-0.05, 0) is 26.7 Å². The van der Waals surface area contributed by atoms with Gasteiger partial charge in [-0.25, -0.2) is 0 Å². The second kappa shape index (κ2) is 5.63. The number of esters is 2. The number of ether oxygens (including phenoxy) is 2. The minimum atomic E-state index is -0.783. The first kappa shape index (κ1) is 12.7. The smallest absolute Gasteiger partial charge is 0.316 e. The first-order valence-corrected chi connectivity index (χ1v) is 5.48. The summed E-state index contributed by atoms with van der Waals surface area (Å²) < 4.78 is 9.54. The molecule has 0 amide bonds. The molecule has 0 aromatic heterocycles. The SMILES string of the molecule is CCOC(=O)[C@H]1CC[C@H](C(=O)OCC)C1=O. The summed E-state index contributed by atoms with van der Waals surface area (Å²) in [6, 6.07) is 0. The molecule has 5 nitrogen and oxygen atoms in total. The van der Waals surface area contributed by atoms with E-state index in [4.69, 9.17) is 9.47 Å². The predicted octanol–water partition coefficient (Wildman–Crippen LogP) is 0.708. The van der Waals surface area contributed by atoms with Crippen molar-refractivity contribution in [3.8, 4) is 0 Å². The first-order valence-electron chi connectivity index (χ1n) is 5.48. The van der Waals surface area contributed by atoms with Crippen LogP contribution < -0.4 is 0 Å². The highest BCUT2D eigenvalue weighted by molar-refractivity contribution is 6.09. The number of ketones is 1. The van der Waals surface area contributed by atoms with Crippen LogP contribution >= 0.6 is 0 Å². The molecule has 1 saturated carbocycles. The van der Waals surface area contributed by atoms with Crippen LogP contribution in [0.4, 0.5) is 0 Å². The Kier molecular flexibility index (Phi) is 4.46. The highest BCUT2D eigenvalue weighted by atomic mass is 16.5. The molecule has 2 atom stereocenters. The van der Waals surface area contributed by atoms with E-state index in [0.717, 1.165) is 0 Å². The number of rotatable bonds is 4.